The molecule has 164 valence electrons. The van der Waals surface area contributed by atoms with E-state index in [1.54, 1.807) is 12.4 Å². The van der Waals surface area contributed by atoms with Gasteiger partial charge in [-0.05, 0) is 68.6 Å². The minimum atomic E-state index is 0.0945. The lowest BCUT2D eigenvalue weighted by Crippen LogP contribution is -2.46. The van der Waals surface area contributed by atoms with Gasteiger partial charge in [-0.1, -0.05) is 11.2 Å². The molecule has 4 heterocycles. The summed E-state index contributed by atoms with van der Waals surface area (Å²) in [4.78, 5) is 25.8. The van der Waals surface area contributed by atoms with Crippen molar-refractivity contribution in [2.24, 2.45) is 17.0 Å². The van der Waals surface area contributed by atoms with E-state index in [2.05, 4.69) is 20.0 Å². The summed E-state index contributed by atoms with van der Waals surface area (Å²) in [6.45, 7) is 4.07. The van der Waals surface area contributed by atoms with Gasteiger partial charge in [-0.15, -0.1) is 0 Å². The van der Waals surface area contributed by atoms with Crippen molar-refractivity contribution >= 4 is 17.4 Å². The predicted octanol–water partition coefficient (Wildman–Crippen LogP) is 2.39. The highest BCUT2D eigenvalue weighted by Crippen LogP contribution is 2.26. The maximum absolute atomic E-state index is 13.1. The number of rotatable bonds is 5. The lowest BCUT2D eigenvalue weighted by atomic mass is 9.88. The molecule has 3 N–H and O–H groups in total. The van der Waals surface area contributed by atoms with E-state index in [0.29, 0.717) is 30.3 Å². The Bertz CT molecular complexity index is 903. The van der Waals surface area contributed by atoms with Crippen LogP contribution in [0.15, 0.2) is 47.9 Å². The number of pyridine rings is 2. The first-order valence-corrected chi connectivity index (χ1v) is 11.0. The number of aromatic nitrogens is 2. The van der Waals surface area contributed by atoms with Crippen molar-refractivity contribution in [2.75, 3.05) is 31.9 Å². The summed E-state index contributed by atoms with van der Waals surface area (Å²) < 4.78 is 0. The van der Waals surface area contributed by atoms with Crippen LogP contribution in [-0.4, -0.2) is 62.8 Å². The second-order valence-electron chi connectivity index (χ2n) is 8.44. The summed E-state index contributed by atoms with van der Waals surface area (Å²) in [6, 6.07) is 9.50. The van der Waals surface area contributed by atoms with Crippen LogP contribution < -0.4 is 5.73 Å². The van der Waals surface area contributed by atoms with Crippen molar-refractivity contribution in [2.45, 2.75) is 32.2 Å². The quantitative estimate of drug-likeness (QED) is 0.435. The molecule has 0 radical (unpaired) electrons. The molecular formula is C23H30N6O2. The Morgan fingerprint density at radius 3 is 2.42 bits per heavy atom. The Morgan fingerprint density at radius 1 is 1.03 bits per heavy atom. The minimum Gasteiger partial charge on any atom is -0.411 e. The van der Waals surface area contributed by atoms with Crippen molar-refractivity contribution in [1.29, 1.82) is 0 Å². The van der Waals surface area contributed by atoms with Crippen LogP contribution in [0.5, 0.6) is 0 Å². The van der Waals surface area contributed by atoms with Crippen molar-refractivity contribution in [3.63, 3.8) is 0 Å². The second-order valence-corrected chi connectivity index (χ2v) is 8.44. The van der Waals surface area contributed by atoms with Crippen LogP contribution >= 0.6 is 0 Å². The van der Waals surface area contributed by atoms with Crippen molar-refractivity contribution in [3.05, 3.63) is 54.0 Å². The second kappa shape index (κ2) is 9.87. The Kier molecular flexibility index (Phi) is 6.76. The molecule has 0 unspecified atom stereocenters. The number of nitrogens with zero attached hydrogens (tertiary/aromatic N) is 5. The van der Waals surface area contributed by atoms with E-state index in [0.717, 1.165) is 50.9 Å². The smallest absolute Gasteiger partial charge is 0.225 e. The molecule has 8 heteroatoms. The molecule has 2 aliphatic rings. The van der Waals surface area contributed by atoms with Gasteiger partial charge >= 0.3 is 0 Å². The van der Waals surface area contributed by atoms with Crippen LogP contribution in [0.1, 0.15) is 36.9 Å². The van der Waals surface area contributed by atoms with Crippen LogP contribution in [0, 0.1) is 11.8 Å². The first-order valence-electron chi connectivity index (χ1n) is 11.0. The van der Waals surface area contributed by atoms with Gasteiger partial charge in [0.25, 0.3) is 0 Å². The fraction of sp³-hybridized carbons (Fsp3) is 0.478. The largest absolute Gasteiger partial charge is 0.411 e. The Hall–Kier alpha value is -3.00. The molecule has 0 saturated carbocycles. The van der Waals surface area contributed by atoms with Gasteiger partial charge in [-0.3, -0.25) is 14.7 Å². The van der Waals surface area contributed by atoms with E-state index in [1.165, 1.54) is 0 Å². The van der Waals surface area contributed by atoms with Gasteiger partial charge < -0.3 is 15.8 Å². The zero-order chi connectivity index (χ0) is 21.6. The molecule has 2 fully saturated rings. The van der Waals surface area contributed by atoms with Gasteiger partial charge in [-0.2, -0.15) is 0 Å². The molecule has 31 heavy (non-hydrogen) atoms. The zero-order valence-electron chi connectivity index (χ0n) is 17.7. The number of anilines is 1. The number of carbonyl (C=O) groups is 1. The Labute approximate surface area is 182 Å². The van der Waals surface area contributed by atoms with Gasteiger partial charge in [0.05, 0.1) is 5.69 Å². The number of nitrogen functional groups attached to an aromatic ring is 1. The average molecular weight is 423 g/mol. The maximum Gasteiger partial charge on any atom is 0.225 e. The molecule has 2 aromatic rings. The number of amides is 1. The lowest BCUT2D eigenvalue weighted by molar-refractivity contribution is -0.138. The van der Waals surface area contributed by atoms with E-state index in [9.17, 15) is 10.0 Å². The van der Waals surface area contributed by atoms with Gasteiger partial charge in [0.1, 0.15) is 11.5 Å². The highest BCUT2D eigenvalue weighted by molar-refractivity contribution is 6.00. The minimum absolute atomic E-state index is 0.0945. The molecule has 0 atom stereocenters. The molecular weight excluding hydrogens is 392 g/mol. The number of piperidine rings is 2. The standard InChI is InChI=1S/C23H30N6O2/c24-21-15-17(4-10-26-21)16-28-11-5-19(6-12-28)23(30)29-13-7-18(8-14-29)22(27-31)20-3-1-2-9-25-20/h1-4,9-10,15,18-19,31H,5-8,11-14,16H2,(H2,24,26)/b27-22+. The van der Waals surface area contributed by atoms with Crippen LogP contribution in [0.25, 0.3) is 0 Å². The molecule has 2 saturated heterocycles. The van der Waals surface area contributed by atoms with Crippen molar-refractivity contribution in [1.82, 2.24) is 19.8 Å². The van der Waals surface area contributed by atoms with E-state index < -0.39 is 0 Å². The summed E-state index contributed by atoms with van der Waals surface area (Å²) in [5.41, 5.74) is 8.26. The Balaban J connectivity index is 1.26. The first-order chi connectivity index (χ1) is 15.1. The highest BCUT2D eigenvalue weighted by atomic mass is 16.4. The number of carbonyl (C=O) groups excluding carboxylic acids is 1. The van der Waals surface area contributed by atoms with Gasteiger partial charge in [0, 0.05) is 43.9 Å². The number of nitrogens with two attached hydrogens (primary N) is 1. The molecule has 0 bridgehead atoms. The summed E-state index contributed by atoms with van der Waals surface area (Å²) in [5.74, 6) is 1.03. The van der Waals surface area contributed by atoms with Crippen molar-refractivity contribution in [3.8, 4) is 0 Å². The SMILES string of the molecule is Nc1cc(CN2CCC(C(=O)N3CCC(/C(=N\O)c4ccccn4)CC3)CC2)ccn1. The third-order valence-electron chi connectivity index (χ3n) is 6.42. The first kappa shape index (κ1) is 21.2. The fourth-order valence-corrected chi connectivity index (χ4v) is 4.68. The number of hydrogen-bond donors (Lipinski definition) is 2. The monoisotopic (exact) mass is 422 g/mol. The van der Waals surface area contributed by atoms with Crippen molar-refractivity contribution < 1.29 is 10.0 Å². The molecule has 0 aliphatic carbocycles. The fourth-order valence-electron chi connectivity index (χ4n) is 4.68. The molecule has 2 aliphatic heterocycles. The molecule has 0 aromatic carbocycles. The summed E-state index contributed by atoms with van der Waals surface area (Å²) >= 11 is 0. The molecule has 4 rings (SSSR count). The predicted molar refractivity (Wildman–Crippen MR) is 119 cm³/mol. The highest BCUT2D eigenvalue weighted by Gasteiger charge is 2.32. The number of hydrogen-bond acceptors (Lipinski definition) is 7. The van der Waals surface area contributed by atoms with E-state index in [4.69, 9.17) is 5.73 Å². The van der Waals surface area contributed by atoms with E-state index >= 15 is 0 Å². The maximum atomic E-state index is 13.1. The molecule has 0 spiro atoms. The van der Waals surface area contributed by atoms with Gasteiger partial charge in [-0.25, -0.2) is 4.98 Å². The summed E-state index contributed by atoms with van der Waals surface area (Å²) in [5, 5.41) is 13.0. The normalized spacial score (nSPS) is 19.5. The summed E-state index contributed by atoms with van der Waals surface area (Å²) in [6.07, 6.45) is 6.81. The summed E-state index contributed by atoms with van der Waals surface area (Å²) in [7, 11) is 0. The van der Waals surface area contributed by atoms with Crippen LogP contribution in [0.2, 0.25) is 0 Å². The van der Waals surface area contributed by atoms with E-state index in [-0.39, 0.29) is 17.7 Å². The third-order valence-corrected chi connectivity index (χ3v) is 6.42. The third kappa shape index (κ3) is 5.19. The topological polar surface area (TPSA) is 108 Å². The van der Waals surface area contributed by atoms with Crippen LogP contribution in [-0.2, 0) is 11.3 Å². The van der Waals surface area contributed by atoms with Crippen LogP contribution in [0.4, 0.5) is 5.82 Å². The number of oxime groups is 1. The lowest BCUT2D eigenvalue weighted by Gasteiger charge is -2.37. The van der Waals surface area contributed by atoms with Crippen LogP contribution in [0.3, 0.4) is 0 Å². The van der Waals surface area contributed by atoms with Gasteiger partial charge in [0.15, 0.2) is 0 Å². The molecule has 8 nitrogen and oxygen atoms in total. The van der Waals surface area contributed by atoms with Gasteiger partial charge in [0.2, 0.25) is 5.91 Å². The zero-order valence-corrected chi connectivity index (χ0v) is 17.7. The van der Waals surface area contributed by atoms with E-state index in [1.807, 2.05) is 35.2 Å². The average Bonchev–Trinajstić information content (AvgIpc) is 2.81. The molecule has 1 amide bonds. The molecule has 2 aromatic heterocycles. The number of likely N-dealkylation sites (tertiary alicyclic amines) is 2. The Morgan fingerprint density at radius 2 is 1.77 bits per heavy atom.